The summed E-state index contributed by atoms with van der Waals surface area (Å²) in [4.78, 5) is 14.7. The molecule has 0 aliphatic carbocycles. The summed E-state index contributed by atoms with van der Waals surface area (Å²) in [6.07, 6.45) is 1.42. The number of aromatic nitrogens is 3. The Kier molecular flexibility index (Phi) is 3.91. The number of benzene rings is 1. The normalized spacial score (nSPS) is 10.8. The van der Waals surface area contributed by atoms with Crippen LogP contribution in [0.1, 0.15) is 11.3 Å². The van der Waals surface area contributed by atoms with Crippen molar-refractivity contribution in [2.24, 2.45) is 5.10 Å². The molecule has 0 unspecified atom stereocenters. The fraction of sp³-hybridized carbons (Fsp3) is 0.0909. The van der Waals surface area contributed by atoms with E-state index < -0.39 is 5.69 Å². The molecule has 7 nitrogen and oxygen atoms in total. The number of nitrogens with zero attached hydrogens (tertiary/aromatic N) is 3. The average molecular weight is 324 g/mol. The minimum Gasteiger partial charge on any atom is -0.507 e. The van der Waals surface area contributed by atoms with Crippen molar-refractivity contribution >= 4 is 28.0 Å². The Morgan fingerprint density at radius 3 is 3.11 bits per heavy atom. The van der Waals surface area contributed by atoms with Gasteiger partial charge in [-0.3, -0.25) is 5.43 Å². The maximum Gasteiger partial charge on any atom is 0.363 e. The van der Waals surface area contributed by atoms with E-state index in [0.29, 0.717) is 11.3 Å². The van der Waals surface area contributed by atoms with Crippen LogP contribution >= 0.6 is 15.9 Å². The van der Waals surface area contributed by atoms with E-state index in [-0.39, 0.29) is 11.6 Å². The second-order valence-electron chi connectivity index (χ2n) is 3.65. The second kappa shape index (κ2) is 5.61. The molecule has 0 saturated heterocycles. The lowest BCUT2D eigenvalue weighted by Gasteiger charge is -2.01. The van der Waals surface area contributed by atoms with Crippen LogP contribution in [0.25, 0.3) is 0 Å². The standard InChI is InChI=1S/C11H10BrN5O2/c1-6-10(14-11(19)17-15-6)16-13-5-7-4-8(12)2-3-9(7)18/h2-5,18H,1H3,(H2,14,16,17,19)/b13-5-. The minimum absolute atomic E-state index is 0.0995. The molecule has 98 valence electrons. The Bertz CT molecular complexity index is 683. The summed E-state index contributed by atoms with van der Waals surface area (Å²) >= 11 is 3.29. The number of hydrazone groups is 1. The zero-order valence-electron chi connectivity index (χ0n) is 9.88. The molecule has 1 aromatic heterocycles. The van der Waals surface area contributed by atoms with E-state index >= 15 is 0 Å². The average Bonchev–Trinajstić information content (AvgIpc) is 2.38. The minimum atomic E-state index is -0.561. The van der Waals surface area contributed by atoms with Crippen LogP contribution in [0.15, 0.2) is 32.6 Å². The van der Waals surface area contributed by atoms with Crippen LogP contribution in [-0.4, -0.2) is 26.5 Å². The first kappa shape index (κ1) is 13.2. The van der Waals surface area contributed by atoms with E-state index in [4.69, 9.17) is 0 Å². The highest BCUT2D eigenvalue weighted by Gasteiger charge is 2.01. The number of halogens is 1. The lowest BCUT2D eigenvalue weighted by Crippen LogP contribution is -2.15. The first-order chi connectivity index (χ1) is 9.06. The van der Waals surface area contributed by atoms with E-state index in [0.717, 1.165) is 4.47 Å². The third kappa shape index (κ3) is 3.38. The van der Waals surface area contributed by atoms with Gasteiger partial charge in [0.2, 0.25) is 0 Å². The van der Waals surface area contributed by atoms with Gasteiger partial charge in [-0.05, 0) is 25.1 Å². The van der Waals surface area contributed by atoms with Crippen LogP contribution in [0, 0.1) is 6.92 Å². The summed E-state index contributed by atoms with van der Waals surface area (Å²) in [5.74, 6) is 0.358. The maximum absolute atomic E-state index is 11.0. The van der Waals surface area contributed by atoms with Crippen molar-refractivity contribution in [3.05, 3.63) is 44.4 Å². The Morgan fingerprint density at radius 1 is 1.53 bits per heavy atom. The first-order valence-corrected chi connectivity index (χ1v) is 6.06. The molecule has 2 aromatic rings. The highest BCUT2D eigenvalue weighted by molar-refractivity contribution is 9.10. The summed E-state index contributed by atoms with van der Waals surface area (Å²) in [6.45, 7) is 1.68. The number of phenolic OH excluding ortho intramolecular Hbond substituents is 1. The monoisotopic (exact) mass is 323 g/mol. The predicted molar refractivity (Wildman–Crippen MR) is 74.4 cm³/mol. The molecule has 8 heteroatoms. The van der Waals surface area contributed by atoms with E-state index in [1.54, 1.807) is 25.1 Å². The molecule has 19 heavy (non-hydrogen) atoms. The molecule has 1 aromatic carbocycles. The second-order valence-corrected chi connectivity index (χ2v) is 4.56. The largest absolute Gasteiger partial charge is 0.507 e. The highest BCUT2D eigenvalue weighted by atomic mass is 79.9. The van der Waals surface area contributed by atoms with E-state index in [2.05, 4.69) is 41.6 Å². The number of nitrogens with one attached hydrogen (secondary N) is 2. The zero-order chi connectivity index (χ0) is 13.8. The number of rotatable bonds is 3. The summed E-state index contributed by atoms with van der Waals surface area (Å²) < 4.78 is 0.818. The Morgan fingerprint density at radius 2 is 2.32 bits per heavy atom. The number of anilines is 1. The van der Waals surface area contributed by atoms with Gasteiger partial charge >= 0.3 is 5.69 Å². The number of aromatic amines is 1. The van der Waals surface area contributed by atoms with Crippen molar-refractivity contribution in [3.8, 4) is 5.75 Å². The third-order valence-electron chi connectivity index (χ3n) is 2.24. The van der Waals surface area contributed by atoms with Crippen LogP contribution in [0.5, 0.6) is 5.75 Å². The number of hydrogen-bond acceptors (Lipinski definition) is 6. The smallest absolute Gasteiger partial charge is 0.363 e. The number of aromatic hydroxyl groups is 1. The maximum atomic E-state index is 11.0. The Balaban J connectivity index is 2.18. The van der Waals surface area contributed by atoms with Crippen molar-refractivity contribution in [3.63, 3.8) is 0 Å². The van der Waals surface area contributed by atoms with Crippen LogP contribution in [0.3, 0.4) is 0 Å². The SMILES string of the molecule is Cc1n[nH]c(=O)nc1N/N=C\c1cc(Br)ccc1O. The quantitative estimate of drug-likeness (QED) is 0.585. The van der Waals surface area contributed by atoms with Gasteiger partial charge in [-0.2, -0.15) is 15.2 Å². The molecule has 0 radical (unpaired) electrons. The highest BCUT2D eigenvalue weighted by Crippen LogP contribution is 2.20. The van der Waals surface area contributed by atoms with Crippen molar-refractivity contribution < 1.29 is 5.11 Å². The van der Waals surface area contributed by atoms with Crippen molar-refractivity contribution in [1.29, 1.82) is 0 Å². The van der Waals surface area contributed by atoms with E-state index in [1.165, 1.54) is 6.21 Å². The van der Waals surface area contributed by atoms with Crippen LogP contribution in [0.2, 0.25) is 0 Å². The van der Waals surface area contributed by atoms with Gasteiger partial charge in [0.15, 0.2) is 5.82 Å². The number of aryl methyl sites for hydroxylation is 1. The van der Waals surface area contributed by atoms with E-state index in [1.807, 2.05) is 0 Å². The molecule has 2 rings (SSSR count). The molecule has 0 amide bonds. The Labute approximate surface area is 116 Å². The molecule has 3 N–H and O–H groups in total. The van der Waals surface area contributed by atoms with E-state index in [9.17, 15) is 9.90 Å². The van der Waals surface area contributed by atoms with Gasteiger partial charge in [0.1, 0.15) is 11.4 Å². The van der Waals surface area contributed by atoms with Gasteiger partial charge in [0.05, 0.1) is 6.21 Å². The molecule has 0 bridgehead atoms. The summed E-state index contributed by atoms with van der Waals surface area (Å²) in [7, 11) is 0. The van der Waals surface area contributed by atoms with Gasteiger partial charge in [-0.15, -0.1) is 0 Å². The summed E-state index contributed by atoms with van der Waals surface area (Å²) in [5.41, 5.74) is 3.07. The molecular formula is C11H10BrN5O2. The topological polar surface area (TPSA) is 103 Å². The first-order valence-electron chi connectivity index (χ1n) is 5.27. The van der Waals surface area contributed by atoms with Crippen molar-refractivity contribution in [2.75, 3.05) is 5.43 Å². The molecule has 0 atom stereocenters. The molecule has 0 saturated carbocycles. The molecule has 0 aliphatic heterocycles. The van der Waals surface area contributed by atoms with Gasteiger partial charge < -0.3 is 5.11 Å². The zero-order valence-corrected chi connectivity index (χ0v) is 11.5. The van der Waals surface area contributed by atoms with Gasteiger partial charge in [-0.25, -0.2) is 9.89 Å². The lowest BCUT2D eigenvalue weighted by molar-refractivity contribution is 0.474. The van der Waals surface area contributed by atoms with Crippen molar-refractivity contribution in [2.45, 2.75) is 6.92 Å². The van der Waals surface area contributed by atoms with Gasteiger partial charge in [0, 0.05) is 10.0 Å². The van der Waals surface area contributed by atoms with Crippen molar-refractivity contribution in [1.82, 2.24) is 15.2 Å². The lowest BCUT2D eigenvalue weighted by atomic mass is 10.2. The number of phenols is 1. The number of H-pyrrole nitrogens is 1. The summed E-state index contributed by atoms with van der Waals surface area (Å²) in [5, 5.41) is 19.5. The molecule has 0 aliphatic rings. The van der Waals surface area contributed by atoms with Gasteiger partial charge in [0.25, 0.3) is 0 Å². The third-order valence-corrected chi connectivity index (χ3v) is 2.73. The van der Waals surface area contributed by atoms with Gasteiger partial charge in [-0.1, -0.05) is 15.9 Å². The van der Waals surface area contributed by atoms with Crippen LogP contribution in [0.4, 0.5) is 5.82 Å². The molecule has 1 heterocycles. The fourth-order valence-corrected chi connectivity index (χ4v) is 1.67. The Hall–Kier alpha value is -2.22. The molecular weight excluding hydrogens is 314 g/mol. The number of hydrogen-bond donors (Lipinski definition) is 3. The molecule has 0 spiro atoms. The van der Waals surface area contributed by atoms with Crippen LogP contribution in [-0.2, 0) is 0 Å². The van der Waals surface area contributed by atoms with Crippen LogP contribution < -0.4 is 11.1 Å². The molecule has 0 fully saturated rings. The predicted octanol–water partition coefficient (Wildman–Crippen LogP) is 1.39. The summed E-state index contributed by atoms with van der Waals surface area (Å²) in [6, 6.07) is 4.97. The fourth-order valence-electron chi connectivity index (χ4n) is 1.29.